The molecule has 74 valence electrons. The summed E-state index contributed by atoms with van der Waals surface area (Å²) in [5, 5.41) is 0.971. The lowest BCUT2D eigenvalue weighted by Crippen LogP contribution is -1.89. The van der Waals surface area contributed by atoms with E-state index in [4.69, 9.17) is 23.2 Å². The minimum atomic E-state index is 0.485. The van der Waals surface area contributed by atoms with Crippen molar-refractivity contribution in [2.45, 2.75) is 0 Å². The number of halogens is 2. The molecule has 0 atom stereocenters. The van der Waals surface area contributed by atoms with Crippen molar-refractivity contribution < 1.29 is 0 Å². The van der Waals surface area contributed by atoms with E-state index in [2.05, 4.69) is 16.4 Å². The van der Waals surface area contributed by atoms with Crippen LogP contribution in [-0.4, -0.2) is 9.97 Å². The van der Waals surface area contributed by atoms with Crippen molar-refractivity contribution in [2.75, 3.05) is 0 Å². The number of rotatable bonds is 2. The Labute approximate surface area is 97.9 Å². The summed E-state index contributed by atoms with van der Waals surface area (Å²) < 4.78 is 0. The molecule has 0 amide bonds. The van der Waals surface area contributed by atoms with Gasteiger partial charge in [-0.05, 0) is 17.7 Å². The molecule has 4 heteroatoms. The van der Waals surface area contributed by atoms with Crippen LogP contribution in [-0.2, 0) is 0 Å². The monoisotopic (exact) mass is 236 g/mol. The van der Waals surface area contributed by atoms with Crippen molar-refractivity contribution >= 4 is 23.2 Å². The van der Waals surface area contributed by atoms with Crippen molar-refractivity contribution in [3.63, 3.8) is 0 Å². The Morgan fingerprint density at radius 2 is 1.53 bits per heavy atom. The number of hydrogen-bond donors (Lipinski definition) is 0. The van der Waals surface area contributed by atoms with Crippen LogP contribution < -0.4 is 0 Å². The Hall–Kier alpha value is -1.12. The van der Waals surface area contributed by atoms with Gasteiger partial charge in [-0.1, -0.05) is 23.2 Å². The molecule has 0 aliphatic carbocycles. The van der Waals surface area contributed by atoms with Crippen molar-refractivity contribution in [3.05, 3.63) is 64.5 Å². The van der Waals surface area contributed by atoms with Crippen molar-refractivity contribution in [3.8, 4) is 0 Å². The van der Waals surface area contributed by atoms with Crippen molar-refractivity contribution in [1.82, 2.24) is 9.97 Å². The van der Waals surface area contributed by atoms with Gasteiger partial charge < -0.3 is 0 Å². The van der Waals surface area contributed by atoms with Crippen LogP contribution >= 0.6 is 23.2 Å². The Morgan fingerprint density at radius 1 is 0.933 bits per heavy atom. The summed E-state index contributed by atoms with van der Waals surface area (Å²) in [7, 11) is 0. The molecular formula is C11H6Cl2N2. The Balaban J connectivity index is 2.32. The lowest BCUT2D eigenvalue weighted by molar-refractivity contribution is 1.27. The molecule has 0 aliphatic heterocycles. The molecule has 15 heavy (non-hydrogen) atoms. The summed E-state index contributed by atoms with van der Waals surface area (Å²) >= 11 is 11.9. The molecular weight excluding hydrogens is 231 g/mol. The maximum atomic E-state index is 5.95. The lowest BCUT2D eigenvalue weighted by Gasteiger charge is -2.04. The van der Waals surface area contributed by atoms with Gasteiger partial charge in [-0.15, -0.1) is 0 Å². The molecule has 0 unspecified atom stereocenters. The molecule has 2 nitrogen and oxygen atoms in total. The largest absolute Gasteiger partial charge is 0.265 e. The van der Waals surface area contributed by atoms with Gasteiger partial charge in [-0.2, -0.15) is 0 Å². The summed E-state index contributed by atoms with van der Waals surface area (Å²) in [6, 6.07) is 3.65. The van der Waals surface area contributed by atoms with E-state index < -0.39 is 0 Å². The second kappa shape index (κ2) is 4.60. The van der Waals surface area contributed by atoms with Crippen LogP contribution in [0.5, 0.6) is 0 Å². The highest BCUT2D eigenvalue weighted by atomic mass is 35.5. The predicted octanol–water partition coefficient (Wildman–Crippen LogP) is 3.26. The molecule has 0 saturated heterocycles. The second-order valence-corrected chi connectivity index (χ2v) is 3.65. The van der Waals surface area contributed by atoms with Crippen LogP contribution in [0.4, 0.5) is 0 Å². The first-order valence-corrected chi connectivity index (χ1v) is 4.99. The van der Waals surface area contributed by atoms with Gasteiger partial charge in [0, 0.05) is 30.4 Å². The van der Waals surface area contributed by atoms with E-state index >= 15 is 0 Å². The zero-order chi connectivity index (χ0) is 10.7. The number of hydrogen-bond acceptors (Lipinski definition) is 2. The molecule has 0 spiro atoms. The van der Waals surface area contributed by atoms with Gasteiger partial charge in [0.1, 0.15) is 0 Å². The van der Waals surface area contributed by atoms with Gasteiger partial charge in [0.15, 0.2) is 0 Å². The minimum absolute atomic E-state index is 0.485. The zero-order valence-electron chi connectivity index (χ0n) is 7.61. The van der Waals surface area contributed by atoms with E-state index in [1.807, 2.05) is 12.1 Å². The van der Waals surface area contributed by atoms with E-state index in [1.54, 1.807) is 12.4 Å². The fourth-order valence-electron chi connectivity index (χ4n) is 1.11. The first-order chi connectivity index (χ1) is 7.27. The molecule has 0 aliphatic rings. The van der Waals surface area contributed by atoms with Gasteiger partial charge >= 0.3 is 0 Å². The molecule has 0 aromatic carbocycles. The first-order valence-electron chi connectivity index (χ1n) is 4.23. The third kappa shape index (κ3) is 2.46. The molecule has 2 heterocycles. The highest BCUT2D eigenvalue weighted by molar-refractivity contribution is 6.36. The van der Waals surface area contributed by atoms with E-state index in [0.717, 1.165) is 5.56 Å². The van der Waals surface area contributed by atoms with E-state index in [-0.39, 0.29) is 0 Å². The molecule has 2 rings (SSSR count). The average Bonchev–Trinajstić information content (AvgIpc) is 2.25. The average molecular weight is 237 g/mol. The van der Waals surface area contributed by atoms with Crippen LogP contribution in [0.1, 0.15) is 11.1 Å². The van der Waals surface area contributed by atoms with Crippen LogP contribution in [0.25, 0.3) is 0 Å². The van der Waals surface area contributed by atoms with Crippen molar-refractivity contribution in [2.24, 2.45) is 0 Å². The Bertz CT molecular complexity index is 437. The van der Waals surface area contributed by atoms with E-state index in [9.17, 15) is 0 Å². The normalized spacial score (nSPS) is 10.3. The third-order valence-corrected chi connectivity index (χ3v) is 2.38. The smallest absolute Gasteiger partial charge is 0.0646 e. The summed E-state index contributed by atoms with van der Waals surface area (Å²) in [4.78, 5) is 7.78. The number of aromatic nitrogens is 2. The minimum Gasteiger partial charge on any atom is -0.265 e. The van der Waals surface area contributed by atoms with Crippen LogP contribution in [0.3, 0.4) is 0 Å². The third-order valence-electron chi connectivity index (χ3n) is 1.80. The Kier molecular flexibility index (Phi) is 3.19. The lowest BCUT2D eigenvalue weighted by atomic mass is 10.1. The van der Waals surface area contributed by atoms with Gasteiger partial charge in [0.2, 0.25) is 0 Å². The first kappa shape index (κ1) is 10.4. The van der Waals surface area contributed by atoms with Gasteiger partial charge in [0.25, 0.3) is 0 Å². The van der Waals surface area contributed by atoms with Crippen LogP contribution in [0, 0.1) is 6.42 Å². The fraction of sp³-hybridized carbons (Fsp3) is 0. The van der Waals surface area contributed by atoms with E-state index in [1.165, 1.54) is 12.4 Å². The van der Waals surface area contributed by atoms with Crippen molar-refractivity contribution in [1.29, 1.82) is 0 Å². The van der Waals surface area contributed by atoms with Crippen LogP contribution in [0.2, 0.25) is 10.0 Å². The number of nitrogens with zero attached hydrogens (tertiary/aromatic N) is 2. The predicted molar refractivity (Wildman–Crippen MR) is 59.9 cm³/mol. The van der Waals surface area contributed by atoms with Gasteiger partial charge in [-0.25, -0.2) is 0 Å². The van der Waals surface area contributed by atoms with E-state index in [0.29, 0.717) is 15.6 Å². The highest BCUT2D eigenvalue weighted by Gasteiger charge is 2.07. The standard InChI is InChI=1S/C11H6Cl2N2/c12-10-6-15-7-11(13)9(10)5-8-1-3-14-4-2-8/h1-4,6-7H. The molecule has 0 bridgehead atoms. The summed E-state index contributed by atoms with van der Waals surface area (Å²) in [6.45, 7) is 0. The molecule has 2 aromatic heterocycles. The molecule has 2 radical (unpaired) electrons. The summed E-state index contributed by atoms with van der Waals surface area (Å²) in [5.41, 5.74) is 1.53. The zero-order valence-corrected chi connectivity index (χ0v) is 9.13. The SMILES string of the molecule is Clc1cncc(Cl)c1[C]c1ccncc1. The molecule has 2 aromatic rings. The molecule has 0 N–H and O–H groups in total. The maximum absolute atomic E-state index is 5.95. The van der Waals surface area contributed by atoms with Gasteiger partial charge in [0.05, 0.1) is 16.5 Å². The summed E-state index contributed by atoms with van der Waals surface area (Å²) in [5.74, 6) is 0. The maximum Gasteiger partial charge on any atom is 0.0646 e. The highest BCUT2D eigenvalue weighted by Crippen LogP contribution is 2.26. The Morgan fingerprint density at radius 3 is 2.13 bits per heavy atom. The van der Waals surface area contributed by atoms with Gasteiger partial charge in [-0.3, -0.25) is 9.97 Å². The molecule has 0 fully saturated rings. The second-order valence-electron chi connectivity index (χ2n) is 2.84. The fourth-order valence-corrected chi connectivity index (χ4v) is 1.57. The van der Waals surface area contributed by atoms with Crippen LogP contribution in [0.15, 0.2) is 36.9 Å². The summed E-state index contributed by atoms with van der Waals surface area (Å²) in [6.07, 6.45) is 9.55. The number of pyridine rings is 2. The quantitative estimate of drug-likeness (QED) is 0.801. The topological polar surface area (TPSA) is 25.8 Å². The molecule has 0 saturated carbocycles.